The number of rotatable bonds is 2. The Morgan fingerprint density at radius 3 is 2.56 bits per heavy atom. The van der Waals surface area contributed by atoms with E-state index in [1.54, 1.807) is 12.2 Å². The molecule has 0 unspecified atom stereocenters. The number of hydrogen-bond acceptors (Lipinski definition) is 5. The second-order valence-corrected chi connectivity index (χ2v) is 4.94. The van der Waals surface area contributed by atoms with Gasteiger partial charge < -0.3 is 19.3 Å². The summed E-state index contributed by atoms with van der Waals surface area (Å²) in [6.07, 6.45) is 4.26. The first kappa shape index (κ1) is 13.3. The maximum absolute atomic E-state index is 11.1. The molecule has 0 aromatic rings. The Balaban J connectivity index is 1.99. The van der Waals surface area contributed by atoms with E-state index in [1.807, 2.05) is 20.8 Å². The summed E-state index contributed by atoms with van der Waals surface area (Å²) in [5.41, 5.74) is 0. The van der Waals surface area contributed by atoms with Gasteiger partial charge in [-0.3, -0.25) is 0 Å². The molecule has 0 saturated carbocycles. The molecule has 0 aromatic heterocycles. The standard InChI is InChI=1S/C13H18O5/c1-8-10(18-13(2,3)17-8)5-6-11-9(14)4-7-12(15)16-11/h4-11,14H,1-3H3/b6-5+/t8-,9+,10-,11-/m0/s1. The smallest absolute Gasteiger partial charge is 0.331 e. The number of hydrogen-bond donors (Lipinski definition) is 1. The van der Waals surface area contributed by atoms with Crippen LogP contribution in [0, 0.1) is 0 Å². The number of carbonyl (C=O) groups is 1. The molecule has 2 aliphatic heterocycles. The molecule has 2 aliphatic rings. The highest BCUT2D eigenvalue weighted by Crippen LogP contribution is 2.28. The summed E-state index contributed by atoms with van der Waals surface area (Å²) >= 11 is 0. The minimum atomic E-state index is -0.815. The third kappa shape index (κ3) is 2.98. The highest BCUT2D eigenvalue weighted by Gasteiger charge is 2.37. The van der Waals surface area contributed by atoms with E-state index in [2.05, 4.69) is 0 Å². The summed E-state index contributed by atoms with van der Waals surface area (Å²) in [6, 6.07) is 0. The van der Waals surface area contributed by atoms with Gasteiger partial charge in [-0.15, -0.1) is 0 Å². The summed E-state index contributed by atoms with van der Waals surface area (Å²) in [4.78, 5) is 11.1. The fraction of sp³-hybridized carbons (Fsp3) is 0.615. The van der Waals surface area contributed by atoms with Gasteiger partial charge >= 0.3 is 5.97 Å². The number of aliphatic hydroxyl groups is 1. The van der Waals surface area contributed by atoms with Crippen LogP contribution in [-0.4, -0.2) is 41.3 Å². The Bertz CT molecular complexity index is 385. The van der Waals surface area contributed by atoms with Crippen LogP contribution in [0.1, 0.15) is 20.8 Å². The minimum absolute atomic E-state index is 0.0803. The van der Waals surface area contributed by atoms with E-state index in [4.69, 9.17) is 14.2 Å². The van der Waals surface area contributed by atoms with Gasteiger partial charge in [0, 0.05) is 6.08 Å². The normalized spacial score (nSPS) is 39.2. The Kier molecular flexibility index (Phi) is 3.56. The van der Waals surface area contributed by atoms with Crippen molar-refractivity contribution in [3.8, 4) is 0 Å². The molecule has 0 aromatic carbocycles. The van der Waals surface area contributed by atoms with E-state index in [0.717, 1.165) is 0 Å². The van der Waals surface area contributed by atoms with Gasteiger partial charge in [-0.1, -0.05) is 6.08 Å². The third-order valence-electron chi connectivity index (χ3n) is 2.86. The lowest BCUT2D eigenvalue weighted by atomic mass is 10.1. The summed E-state index contributed by atoms with van der Waals surface area (Å²) in [5, 5.41) is 9.64. The maximum Gasteiger partial charge on any atom is 0.331 e. The molecule has 1 saturated heterocycles. The van der Waals surface area contributed by atoms with Crippen molar-refractivity contribution in [3.05, 3.63) is 24.3 Å². The zero-order valence-electron chi connectivity index (χ0n) is 10.7. The first-order chi connectivity index (χ1) is 8.37. The van der Waals surface area contributed by atoms with Crippen molar-refractivity contribution in [2.24, 2.45) is 0 Å². The van der Waals surface area contributed by atoms with Crippen molar-refractivity contribution in [3.63, 3.8) is 0 Å². The molecule has 5 heteroatoms. The van der Waals surface area contributed by atoms with E-state index >= 15 is 0 Å². The fourth-order valence-corrected chi connectivity index (χ4v) is 2.06. The summed E-state index contributed by atoms with van der Waals surface area (Å²) < 4.78 is 16.2. The molecule has 100 valence electrons. The molecule has 2 rings (SSSR count). The summed E-state index contributed by atoms with van der Waals surface area (Å²) in [7, 11) is 0. The molecule has 0 bridgehead atoms. The molecule has 0 spiro atoms. The lowest BCUT2D eigenvalue weighted by Gasteiger charge is -2.21. The quantitative estimate of drug-likeness (QED) is 0.586. The van der Waals surface area contributed by atoms with Crippen LogP contribution in [0.2, 0.25) is 0 Å². The van der Waals surface area contributed by atoms with Crippen LogP contribution in [0.4, 0.5) is 0 Å². The summed E-state index contributed by atoms with van der Waals surface area (Å²) in [5.74, 6) is -1.07. The number of aliphatic hydroxyl groups excluding tert-OH is 1. The van der Waals surface area contributed by atoms with E-state index in [1.165, 1.54) is 12.2 Å². The van der Waals surface area contributed by atoms with Crippen LogP contribution in [0.3, 0.4) is 0 Å². The first-order valence-corrected chi connectivity index (χ1v) is 5.98. The molecule has 5 nitrogen and oxygen atoms in total. The van der Waals surface area contributed by atoms with Gasteiger partial charge in [-0.05, 0) is 32.9 Å². The van der Waals surface area contributed by atoms with E-state index < -0.39 is 24.0 Å². The highest BCUT2D eigenvalue weighted by atomic mass is 16.7. The highest BCUT2D eigenvalue weighted by molar-refractivity contribution is 5.83. The zero-order valence-corrected chi connectivity index (χ0v) is 10.7. The van der Waals surface area contributed by atoms with E-state index in [9.17, 15) is 9.90 Å². The Hall–Kier alpha value is -1.17. The second kappa shape index (κ2) is 4.84. The topological polar surface area (TPSA) is 65.0 Å². The van der Waals surface area contributed by atoms with Gasteiger partial charge in [0.1, 0.15) is 18.3 Å². The molecule has 2 heterocycles. The van der Waals surface area contributed by atoms with Crippen molar-refractivity contribution in [1.29, 1.82) is 0 Å². The van der Waals surface area contributed by atoms with Crippen LogP contribution >= 0.6 is 0 Å². The molecule has 0 aliphatic carbocycles. The van der Waals surface area contributed by atoms with Crippen molar-refractivity contribution >= 4 is 5.97 Å². The average Bonchev–Trinajstić information content (AvgIpc) is 2.53. The van der Waals surface area contributed by atoms with Gasteiger partial charge in [0.2, 0.25) is 0 Å². The molecular formula is C13H18O5. The lowest BCUT2D eigenvalue weighted by Crippen LogP contribution is -2.31. The SMILES string of the molecule is C[C@@H]1OC(C)(C)O[C@H]1/C=C/[C@@H]1OC(=O)C=C[C@H]1O. The van der Waals surface area contributed by atoms with Crippen molar-refractivity contribution in [1.82, 2.24) is 0 Å². The molecule has 18 heavy (non-hydrogen) atoms. The van der Waals surface area contributed by atoms with Gasteiger partial charge in [-0.2, -0.15) is 0 Å². The number of ether oxygens (including phenoxy) is 3. The third-order valence-corrected chi connectivity index (χ3v) is 2.86. The second-order valence-electron chi connectivity index (χ2n) is 4.94. The molecule has 4 atom stereocenters. The number of esters is 1. The first-order valence-electron chi connectivity index (χ1n) is 5.98. The largest absolute Gasteiger partial charge is 0.452 e. The van der Waals surface area contributed by atoms with Crippen LogP contribution in [0.25, 0.3) is 0 Å². The van der Waals surface area contributed by atoms with Crippen LogP contribution in [0.15, 0.2) is 24.3 Å². The molecular weight excluding hydrogens is 236 g/mol. The van der Waals surface area contributed by atoms with Crippen LogP contribution in [0.5, 0.6) is 0 Å². The van der Waals surface area contributed by atoms with Crippen LogP contribution in [-0.2, 0) is 19.0 Å². The van der Waals surface area contributed by atoms with E-state index in [0.29, 0.717) is 0 Å². The van der Waals surface area contributed by atoms with Crippen molar-refractivity contribution in [2.45, 2.75) is 51.0 Å². The predicted octanol–water partition coefficient (Wildman–Crippen LogP) is 0.925. The Labute approximate surface area is 106 Å². The molecule has 0 amide bonds. The lowest BCUT2D eigenvalue weighted by molar-refractivity contribution is -0.146. The fourth-order valence-electron chi connectivity index (χ4n) is 2.06. The van der Waals surface area contributed by atoms with Crippen molar-refractivity contribution in [2.75, 3.05) is 0 Å². The average molecular weight is 254 g/mol. The number of carbonyl (C=O) groups excluding carboxylic acids is 1. The van der Waals surface area contributed by atoms with Gasteiger partial charge in [0.25, 0.3) is 0 Å². The van der Waals surface area contributed by atoms with Gasteiger partial charge in [-0.25, -0.2) is 4.79 Å². The van der Waals surface area contributed by atoms with Gasteiger partial charge in [0.05, 0.1) is 6.10 Å². The molecule has 1 fully saturated rings. The maximum atomic E-state index is 11.1. The minimum Gasteiger partial charge on any atom is -0.452 e. The zero-order chi connectivity index (χ0) is 13.3. The molecule has 0 radical (unpaired) electrons. The van der Waals surface area contributed by atoms with Crippen molar-refractivity contribution < 1.29 is 24.1 Å². The molecule has 1 N–H and O–H groups in total. The van der Waals surface area contributed by atoms with E-state index in [-0.39, 0.29) is 12.2 Å². The predicted molar refractivity (Wildman–Crippen MR) is 63.7 cm³/mol. The monoisotopic (exact) mass is 254 g/mol. The van der Waals surface area contributed by atoms with Gasteiger partial charge in [0.15, 0.2) is 5.79 Å². The summed E-state index contributed by atoms with van der Waals surface area (Å²) in [6.45, 7) is 5.60. The Morgan fingerprint density at radius 2 is 1.94 bits per heavy atom. The van der Waals surface area contributed by atoms with Crippen LogP contribution < -0.4 is 0 Å². The number of cyclic esters (lactones) is 1. The Morgan fingerprint density at radius 1 is 1.28 bits per heavy atom.